The van der Waals surface area contributed by atoms with Crippen LogP contribution in [0.4, 0.5) is 0 Å². The quantitative estimate of drug-likeness (QED) is 0.148. The lowest BCUT2D eigenvalue weighted by Gasteiger charge is -2.72. The van der Waals surface area contributed by atoms with Crippen molar-refractivity contribution in [3.8, 4) is 0 Å². The van der Waals surface area contributed by atoms with E-state index in [4.69, 9.17) is 10.5 Å². The molecule has 0 aromatic heterocycles. The molecule has 0 saturated heterocycles. The molecular formula is C44H77NO8. The molecule has 0 radical (unpaired) electrons. The molecule has 0 aromatic carbocycles. The summed E-state index contributed by atoms with van der Waals surface area (Å²) in [5.74, 6) is 4.51. The molecular weight excluding hydrogens is 670 g/mol. The first-order chi connectivity index (χ1) is 24.5. The Labute approximate surface area is 320 Å². The number of hydrogen-bond acceptors (Lipinski definition) is 9. The topological polar surface area (TPSA) is 177 Å². The fraction of sp³-hybridized carbons (Fsp3) is 0.955. The average Bonchev–Trinajstić information content (AvgIpc) is 3.53. The Kier molecular flexibility index (Phi) is 11.1. The van der Waals surface area contributed by atoms with Crippen molar-refractivity contribution in [2.24, 2.45) is 86.1 Å². The van der Waals surface area contributed by atoms with Crippen LogP contribution in [0, 0.1) is 80.3 Å². The van der Waals surface area contributed by atoms with Crippen molar-refractivity contribution in [3.63, 3.8) is 0 Å². The Morgan fingerprint density at radius 3 is 2.02 bits per heavy atom. The van der Waals surface area contributed by atoms with Crippen molar-refractivity contribution in [1.82, 2.24) is 0 Å². The molecule has 5 fully saturated rings. The van der Waals surface area contributed by atoms with E-state index < -0.39 is 61.5 Å². The molecule has 6 rings (SSSR count). The fourth-order valence-electron chi connectivity index (χ4n) is 15.3. The van der Waals surface area contributed by atoms with Crippen LogP contribution in [0.15, 0.2) is 12.2 Å². The molecule has 6 aliphatic carbocycles. The first-order valence-electron chi connectivity index (χ1n) is 21.3. The Morgan fingerprint density at radius 2 is 1.42 bits per heavy atom. The summed E-state index contributed by atoms with van der Waals surface area (Å²) in [5, 5.41) is 73.7. The maximum Gasteiger partial charge on any atom is 0.144 e. The second-order valence-electron chi connectivity index (χ2n) is 21.6. The van der Waals surface area contributed by atoms with E-state index in [9.17, 15) is 35.7 Å². The lowest BCUT2D eigenvalue weighted by Crippen LogP contribution is -2.65. The van der Waals surface area contributed by atoms with Crippen LogP contribution in [0.1, 0.15) is 121 Å². The first-order valence-corrected chi connectivity index (χ1v) is 21.3. The Bertz CT molecular complexity index is 1360. The van der Waals surface area contributed by atoms with Crippen molar-refractivity contribution in [3.05, 3.63) is 12.2 Å². The van der Waals surface area contributed by atoms with E-state index >= 15 is 0 Å². The molecule has 5 saturated carbocycles. The third-order valence-electron chi connectivity index (χ3n) is 19.0. The van der Waals surface area contributed by atoms with Crippen molar-refractivity contribution in [2.75, 3.05) is 13.2 Å². The van der Waals surface area contributed by atoms with Gasteiger partial charge in [-0.1, -0.05) is 81.4 Å². The lowest BCUT2D eigenvalue weighted by atomic mass is 9.32. The monoisotopic (exact) mass is 748 g/mol. The summed E-state index contributed by atoms with van der Waals surface area (Å²) in [6.07, 6.45) is 6.11. The second kappa shape index (κ2) is 14.0. The molecule has 0 heterocycles. The second-order valence-corrected chi connectivity index (χ2v) is 21.6. The SMILES string of the molecule is CC(CC(C)C1CCC2(C)C1CCC1(C)C2C=CC2C3(C)CC(C)C(C)C(C)(C)C3CCC21C)C(O)C(O)C(O)COC1C(N)C(O)C(O)C1(O)CO. The van der Waals surface area contributed by atoms with Gasteiger partial charge in [-0.15, -0.1) is 0 Å². The molecule has 306 valence electrons. The molecule has 0 spiro atoms. The molecule has 6 aliphatic rings. The van der Waals surface area contributed by atoms with Gasteiger partial charge in [0.25, 0.3) is 0 Å². The summed E-state index contributed by atoms with van der Waals surface area (Å²) >= 11 is 0. The minimum Gasteiger partial charge on any atom is -0.393 e. The average molecular weight is 748 g/mol. The normalized spacial score (nSPS) is 53.1. The summed E-state index contributed by atoms with van der Waals surface area (Å²) in [5.41, 5.74) is 5.10. The number of ether oxygens (including phenoxy) is 1. The van der Waals surface area contributed by atoms with Crippen LogP contribution in [0.2, 0.25) is 0 Å². The van der Waals surface area contributed by atoms with Gasteiger partial charge in [0.2, 0.25) is 0 Å². The van der Waals surface area contributed by atoms with E-state index in [1.54, 1.807) is 0 Å². The molecule has 53 heavy (non-hydrogen) atoms. The number of fused-ring (bicyclic) bond motifs is 7. The number of nitrogens with two attached hydrogens (primary N) is 1. The van der Waals surface area contributed by atoms with E-state index in [1.165, 1.54) is 44.9 Å². The van der Waals surface area contributed by atoms with Gasteiger partial charge in [0, 0.05) is 0 Å². The molecule has 0 amide bonds. The molecule has 0 aromatic rings. The van der Waals surface area contributed by atoms with Gasteiger partial charge in [-0.2, -0.15) is 0 Å². The van der Waals surface area contributed by atoms with Gasteiger partial charge in [-0.05, 0) is 132 Å². The van der Waals surface area contributed by atoms with E-state index in [-0.39, 0.29) is 22.2 Å². The Balaban J connectivity index is 1.12. The van der Waals surface area contributed by atoms with Crippen LogP contribution in [-0.2, 0) is 4.74 Å². The van der Waals surface area contributed by atoms with Gasteiger partial charge >= 0.3 is 0 Å². The minimum absolute atomic E-state index is 0.218. The standard InChI is InChI=1S/C44H77NO8/c1-23(19-24(2)34(48)35(49)29(47)21-53-38-33(45)36(50)37(51)44(38,52)22-46)27-13-16-40(7)28(27)14-17-42(9)31(40)11-12-32-41(8)20-25(3)26(4)39(5,6)30(41)15-18-43(32,42)10/h11-12,23-38,46-52H,13-22,45H2,1-10H3. The Morgan fingerprint density at radius 1 is 0.830 bits per heavy atom. The summed E-state index contributed by atoms with van der Waals surface area (Å²) in [7, 11) is 0. The lowest BCUT2D eigenvalue weighted by molar-refractivity contribution is -0.213. The number of aliphatic hydroxyl groups is 7. The minimum atomic E-state index is -2.22. The first kappa shape index (κ1) is 42.0. The van der Waals surface area contributed by atoms with Gasteiger partial charge in [-0.25, -0.2) is 0 Å². The maximum absolute atomic E-state index is 11.2. The summed E-state index contributed by atoms with van der Waals surface area (Å²) in [4.78, 5) is 0. The van der Waals surface area contributed by atoms with Crippen LogP contribution < -0.4 is 5.73 Å². The van der Waals surface area contributed by atoms with Crippen molar-refractivity contribution < 1.29 is 40.5 Å². The zero-order valence-corrected chi connectivity index (χ0v) is 34.6. The van der Waals surface area contributed by atoms with Crippen LogP contribution in [-0.4, -0.2) is 97.2 Å². The molecule has 9 nitrogen and oxygen atoms in total. The molecule has 9 N–H and O–H groups in total. The highest BCUT2D eigenvalue weighted by Gasteiger charge is 2.70. The van der Waals surface area contributed by atoms with E-state index in [0.29, 0.717) is 46.8 Å². The number of aliphatic hydroxyl groups excluding tert-OH is 6. The van der Waals surface area contributed by atoms with Crippen molar-refractivity contribution in [2.45, 2.75) is 169 Å². The van der Waals surface area contributed by atoms with Crippen LogP contribution >= 0.6 is 0 Å². The van der Waals surface area contributed by atoms with Crippen LogP contribution in [0.25, 0.3) is 0 Å². The zero-order chi connectivity index (χ0) is 39.4. The maximum atomic E-state index is 11.2. The third-order valence-corrected chi connectivity index (χ3v) is 19.0. The Hall–Kier alpha value is -0.620. The highest BCUT2D eigenvalue weighted by Crippen LogP contribution is 2.77. The molecule has 0 aliphatic heterocycles. The van der Waals surface area contributed by atoms with Crippen LogP contribution in [0.3, 0.4) is 0 Å². The highest BCUT2D eigenvalue weighted by atomic mass is 16.5. The predicted molar refractivity (Wildman–Crippen MR) is 206 cm³/mol. The van der Waals surface area contributed by atoms with Gasteiger partial charge in [0.05, 0.1) is 25.4 Å². The number of hydrogen-bond donors (Lipinski definition) is 8. The van der Waals surface area contributed by atoms with E-state index in [0.717, 1.165) is 17.8 Å². The highest BCUT2D eigenvalue weighted by molar-refractivity contribution is 5.27. The molecule has 21 unspecified atom stereocenters. The molecule has 21 atom stereocenters. The summed E-state index contributed by atoms with van der Waals surface area (Å²) in [6.45, 7) is 23.5. The van der Waals surface area contributed by atoms with Crippen molar-refractivity contribution >= 4 is 0 Å². The van der Waals surface area contributed by atoms with Gasteiger partial charge in [0.1, 0.15) is 36.1 Å². The largest absolute Gasteiger partial charge is 0.393 e. The van der Waals surface area contributed by atoms with E-state index in [2.05, 4.69) is 74.5 Å². The molecule has 9 heteroatoms. The number of allylic oxidation sites excluding steroid dienone is 2. The third kappa shape index (κ3) is 6.01. The van der Waals surface area contributed by atoms with Crippen LogP contribution in [0.5, 0.6) is 0 Å². The molecule has 0 bridgehead atoms. The van der Waals surface area contributed by atoms with Gasteiger partial charge in [0.15, 0.2) is 0 Å². The number of rotatable bonds is 10. The summed E-state index contributed by atoms with van der Waals surface area (Å²) < 4.78 is 5.57. The van der Waals surface area contributed by atoms with Crippen molar-refractivity contribution in [1.29, 1.82) is 0 Å². The zero-order valence-electron chi connectivity index (χ0n) is 34.6. The predicted octanol–water partition coefficient (Wildman–Crippen LogP) is 4.66. The fourth-order valence-corrected chi connectivity index (χ4v) is 15.3. The van der Waals surface area contributed by atoms with Gasteiger partial charge < -0.3 is 46.2 Å². The van der Waals surface area contributed by atoms with E-state index in [1.807, 2.05) is 6.92 Å². The van der Waals surface area contributed by atoms with Gasteiger partial charge in [-0.3, -0.25) is 0 Å². The summed E-state index contributed by atoms with van der Waals surface area (Å²) in [6, 6.07) is -1.21. The smallest absolute Gasteiger partial charge is 0.144 e.